The SMILES string of the molecule is CC(C)(C)OC(=O)N(Cc1cccc(CCO)c1)C1(c2ccc(F)cc2)CC1. The van der Waals surface area contributed by atoms with Crippen molar-refractivity contribution < 1.29 is 19.0 Å². The van der Waals surface area contributed by atoms with Crippen LogP contribution >= 0.6 is 0 Å². The molecule has 0 aromatic heterocycles. The lowest BCUT2D eigenvalue weighted by atomic mass is 10.0. The normalized spacial score (nSPS) is 15.2. The molecule has 3 rings (SSSR count). The monoisotopic (exact) mass is 385 g/mol. The second kappa shape index (κ2) is 7.92. The van der Waals surface area contributed by atoms with Crippen LogP contribution in [0.4, 0.5) is 9.18 Å². The molecule has 1 saturated carbocycles. The van der Waals surface area contributed by atoms with Crippen LogP contribution < -0.4 is 0 Å². The van der Waals surface area contributed by atoms with Gasteiger partial charge in [-0.25, -0.2) is 9.18 Å². The van der Waals surface area contributed by atoms with E-state index in [2.05, 4.69) is 0 Å². The number of halogens is 1. The van der Waals surface area contributed by atoms with Gasteiger partial charge in [0.05, 0.1) is 5.54 Å². The molecule has 0 bridgehead atoms. The third kappa shape index (κ3) is 4.71. The summed E-state index contributed by atoms with van der Waals surface area (Å²) in [5.74, 6) is -0.292. The van der Waals surface area contributed by atoms with Gasteiger partial charge in [-0.2, -0.15) is 0 Å². The molecule has 5 heteroatoms. The van der Waals surface area contributed by atoms with Gasteiger partial charge in [-0.1, -0.05) is 36.4 Å². The number of ether oxygens (including phenoxy) is 1. The number of aliphatic hydroxyl groups is 1. The van der Waals surface area contributed by atoms with Crippen molar-refractivity contribution in [2.45, 2.75) is 57.7 Å². The maximum atomic E-state index is 13.4. The Morgan fingerprint density at radius 3 is 2.36 bits per heavy atom. The Balaban J connectivity index is 1.92. The fraction of sp³-hybridized carbons (Fsp3) is 0.435. The standard InChI is InChI=1S/C23H28FNO3/c1-22(2,3)28-21(27)25(16-18-6-4-5-17(15-18)11-14-26)23(12-13-23)19-7-9-20(24)10-8-19/h4-10,15,26H,11-14,16H2,1-3H3. The fourth-order valence-electron chi connectivity index (χ4n) is 3.50. The number of hydrogen-bond acceptors (Lipinski definition) is 3. The number of nitrogens with zero attached hydrogens (tertiary/aromatic N) is 1. The van der Waals surface area contributed by atoms with Crippen LogP contribution in [-0.4, -0.2) is 28.3 Å². The highest BCUT2D eigenvalue weighted by molar-refractivity contribution is 5.70. The lowest BCUT2D eigenvalue weighted by molar-refractivity contribution is 0.00982. The number of hydrogen-bond donors (Lipinski definition) is 1. The van der Waals surface area contributed by atoms with Crippen molar-refractivity contribution in [2.24, 2.45) is 0 Å². The zero-order valence-corrected chi connectivity index (χ0v) is 16.7. The molecule has 0 unspecified atom stereocenters. The van der Waals surface area contributed by atoms with E-state index >= 15 is 0 Å². The zero-order chi connectivity index (χ0) is 20.4. The molecule has 0 radical (unpaired) electrons. The highest BCUT2D eigenvalue weighted by Crippen LogP contribution is 2.52. The van der Waals surface area contributed by atoms with Crippen molar-refractivity contribution in [1.29, 1.82) is 0 Å². The van der Waals surface area contributed by atoms with Crippen LogP contribution in [0.1, 0.15) is 50.3 Å². The van der Waals surface area contributed by atoms with Gasteiger partial charge in [0.2, 0.25) is 0 Å². The average molecular weight is 385 g/mol. The van der Waals surface area contributed by atoms with Crippen molar-refractivity contribution in [3.8, 4) is 0 Å². The molecule has 150 valence electrons. The Labute approximate surface area is 165 Å². The molecular weight excluding hydrogens is 357 g/mol. The van der Waals surface area contributed by atoms with E-state index in [1.54, 1.807) is 17.0 Å². The lowest BCUT2D eigenvalue weighted by Gasteiger charge is -2.34. The molecule has 0 spiro atoms. The van der Waals surface area contributed by atoms with Crippen LogP contribution in [0.15, 0.2) is 48.5 Å². The highest BCUT2D eigenvalue weighted by atomic mass is 19.1. The number of carbonyl (C=O) groups excluding carboxylic acids is 1. The Morgan fingerprint density at radius 1 is 1.14 bits per heavy atom. The van der Waals surface area contributed by atoms with Crippen molar-refractivity contribution in [1.82, 2.24) is 4.90 Å². The molecule has 4 nitrogen and oxygen atoms in total. The van der Waals surface area contributed by atoms with Gasteiger partial charge in [-0.15, -0.1) is 0 Å². The minimum absolute atomic E-state index is 0.0821. The summed E-state index contributed by atoms with van der Waals surface area (Å²) in [7, 11) is 0. The van der Waals surface area contributed by atoms with Gasteiger partial charge >= 0.3 is 6.09 Å². The number of benzene rings is 2. The van der Waals surface area contributed by atoms with E-state index in [4.69, 9.17) is 4.74 Å². The van der Waals surface area contributed by atoms with Gasteiger partial charge in [0.25, 0.3) is 0 Å². The third-order valence-electron chi connectivity index (χ3n) is 4.97. The average Bonchev–Trinajstić information content (AvgIpc) is 3.41. The first-order valence-corrected chi connectivity index (χ1v) is 9.69. The zero-order valence-electron chi connectivity index (χ0n) is 16.7. The van der Waals surface area contributed by atoms with Crippen LogP contribution in [0.3, 0.4) is 0 Å². The summed E-state index contributed by atoms with van der Waals surface area (Å²) < 4.78 is 19.1. The van der Waals surface area contributed by atoms with Crippen LogP contribution in [0, 0.1) is 5.82 Å². The number of carbonyl (C=O) groups is 1. The third-order valence-corrected chi connectivity index (χ3v) is 4.97. The predicted molar refractivity (Wildman–Crippen MR) is 106 cm³/mol. The molecule has 1 aliphatic rings. The van der Waals surface area contributed by atoms with Crippen LogP contribution in [0.25, 0.3) is 0 Å². The highest BCUT2D eigenvalue weighted by Gasteiger charge is 2.52. The molecule has 2 aromatic carbocycles. The Kier molecular flexibility index (Phi) is 5.75. The van der Waals surface area contributed by atoms with E-state index in [-0.39, 0.29) is 18.5 Å². The summed E-state index contributed by atoms with van der Waals surface area (Å²) in [5.41, 5.74) is 1.85. The van der Waals surface area contributed by atoms with Crippen LogP contribution in [0.5, 0.6) is 0 Å². The summed E-state index contributed by atoms with van der Waals surface area (Å²) in [5, 5.41) is 9.20. The fourth-order valence-corrected chi connectivity index (χ4v) is 3.50. The van der Waals surface area contributed by atoms with Gasteiger partial charge < -0.3 is 9.84 Å². The predicted octanol–water partition coefficient (Wildman–Crippen LogP) is 4.79. The van der Waals surface area contributed by atoms with E-state index in [0.29, 0.717) is 13.0 Å². The molecule has 1 aliphatic carbocycles. The minimum atomic E-state index is -0.604. The van der Waals surface area contributed by atoms with Crippen LogP contribution in [-0.2, 0) is 23.2 Å². The lowest BCUT2D eigenvalue weighted by Crippen LogP contribution is -2.43. The van der Waals surface area contributed by atoms with E-state index < -0.39 is 11.1 Å². The van der Waals surface area contributed by atoms with Crippen molar-refractivity contribution >= 4 is 6.09 Å². The Bertz CT molecular complexity index is 822. The molecule has 1 amide bonds. The Hall–Kier alpha value is -2.40. The smallest absolute Gasteiger partial charge is 0.411 e. The van der Waals surface area contributed by atoms with E-state index in [9.17, 15) is 14.3 Å². The molecule has 0 atom stereocenters. The largest absolute Gasteiger partial charge is 0.444 e. The van der Waals surface area contributed by atoms with Gasteiger partial charge in [0.15, 0.2) is 0 Å². The summed E-state index contributed by atoms with van der Waals surface area (Å²) >= 11 is 0. The Morgan fingerprint density at radius 2 is 1.79 bits per heavy atom. The van der Waals surface area contributed by atoms with Gasteiger partial charge in [0.1, 0.15) is 11.4 Å². The minimum Gasteiger partial charge on any atom is -0.444 e. The second-order valence-electron chi connectivity index (χ2n) is 8.40. The van der Waals surface area contributed by atoms with Crippen molar-refractivity contribution in [2.75, 3.05) is 6.61 Å². The number of rotatable bonds is 6. The summed E-state index contributed by atoms with van der Waals surface area (Å²) in [4.78, 5) is 14.9. The molecule has 28 heavy (non-hydrogen) atoms. The molecule has 2 aromatic rings. The molecule has 0 heterocycles. The summed E-state index contributed by atoms with van der Waals surface area (Å²) in [6, 6.07) is 14.3. The van der Waals surface area contributed by atoms with E-state index in [1.165, 1.54) is 12.1 Å². The first-order valence-electron chi connectivity index (χ1n) is 9.69. The summed E-state index contributed by atoms with van der Waals surface area (Å²) in [6.45, 7) is 6.03. The van der Waals surface area contributed by atoms with Gasteiger partial charge in [-0.3, -0.25) is 4.90 Å². The van der Waals surface area contributed by atoms with Crippen molar-refractivity contribution in [3.63, 3.8) is 0 Å². The van der Waals surface area contributed by atoms with Crippen LogP contribution in [0.2, 0.25) is 0 Å². The first kappa shape index (κ1) is 20.3. The summed E-state index contributed by atoms with van der Waals surface area (Å²) in [6.07, 6.45) is 1.83. The van der Waals surface area contributed by atoms with Gasteiger partial charge in [-0.05, 0) is 68.9 Å². The quantitative estimate of drug-likeness (QED) is 0.778. The number of amides is 1. The molecule has 0 saturated heterocycles. The maximum absolute atomic E-state index is 13.4. The topological polar surface area (TPSA) is 49.8 Å². The molecule has 1 N–H and O–H groups in total. The van der Waals surface area contributed by atoms with Gasteiger partial charge in [0, 0.05) is 13.2 Å². The van der Waals surface area contributed by atoms with E-state index in [0.717, 1.165) is 29.5 Å². The first-order chi connectivity index (χ1) is 13.2. The molecule has 0 aliphatic heterocycles. The second-order valence-corrected chi connectivity index (χ2v) is 8.40. The maximum Gasteiger partial charge on any atom is 0.411 e. The van der Waals surface area contributed by atoms with Crippen molar-refractivity contribution in [3.05, 3.63) is 71.0 Å². The van der Waals surface area contributed by atoms with E-state index in [1.807, 2.05) is 45.0 Å². The molecular formula is C23H28FNO3. The molecule has 1 fully saturated rings. The number of aliphatic hydroxyl groups excluding tert-OH is 1.